The molecular formula is C19H20N4O4S. The van der Waals surface area contributed by atoms with Crippen LogP contribution >= 0.6 is 0 Å². The van der Waals surface area contributed by atoms with Crippen LogP contribution in [0.3, 0.4) is 0 Å². The van der Waals surface area contributed by atoms with E-state index in [0.29, 0.717) is 29.5 Å². The predicted octanol–water partition coefficient (Wildman–Crippen LogP) is 2.21. The standard InChI is InChI=1S/C19H20N4O4S/c1-3-23(4-2)28(26,27)14-9-7-8-13(12-14)20-19(25)17-15-10-5-6-11-16(15)18(24)22-21-17/h5-12H,3-4H2,1-2H3,(H,20,25)(H,22,24). The average Bonchev–Trinajstić information content (AvgIpc) is 2.69. The summed E-state index contributed by atoms with van der Waals surface area (Å²) in [5.74, 6) is -0.551. The highest BCUT2D eigenvalue weighted by atomic mass is 32.2. The molecule has 1 aromatic heterocycles. The predicted molar refractivity (Wildman–Crippen MR) is 107 cm³/mol. The van der Waals surface area contributed by atoms with E-state index in [0.717, 1.165) is 0 Å². The quantitative estimate of drug-likeness (QED) is 0.659. The van der Waals surface area contributed by atoms with Crippen molar-refractivity contribution in [2.45, 2.75) is 18.7 Å². The number of benzene rings is 2. The lowest BCUT2D eigenvalue weighted by Crippen LogP contribution is -2.30. The van der Waals surface area contributed by atoms with Crippen molar-refractivity contribution < 1.29 is 13.2 Å². The number of fused-ring (bicyclic) bond motifs is 1. The monoisotopic (exact) mass is 400 g/mol. The molecule has 0 radical (unpaired) electrons. The number of hydrogen-bond donors (Lipinski definition) is 2. The summed E-state index contributed by atoms with van der Waals surface area (Å²) in [5.41, 5.74) is -0.0259. The van der Waals surface area contributed by atoms with E-state index >= 15 is 0 Å². The lowest BCUT2D eigenvalue weighted by molar-refractivity contribution is 0.102. The highest BCUT2D eigenvalue weighted by Gasteiger charge is 2.22. The summed E-state index contributed by atoms with van der Waals surface area (Å²) < 4.78 is 26.7. The molecule has 1 heterocycles. The van der Waals surface area contributed by atoms with Crippen molar-refractivity contribution in [3.63, 3.8) is 0 Å². The van der Waals surface area contributed by atoms with Crippen molar-refractivity contribution >= 4 is 32.4 Å². The number of nitrogens with one attached hydrogen (secondary N) is 2. The zero-order valence-electron chi connectivity index (χ0n) is 15.5. The summed E-state index contributed by atoms with van der Waals surface area (Å²) >= 11 is 0. The van der Waals surface area contributed by atoms with Gasteiger partial charge < -0.3 is 5.32 Å². The molecule has 0 saturated carbocycles. The first-order chi connectivity index (χ1) is 13.4. The number of rotatable bonds is 6. The first kappa shape index (κ1) is 19.7. The Hall–Kier alpha value is -3.04. The SMILES string of the molecule is CCN(CC)S(=O)(=O)c1cccc(NC(=O)c2n[nH]c(=O)c3ccccc23)c1. The molecule has 0 aliphatic heterocycles. The van der Waals surface area contributed by atoms with Crippen molar-refractivity contribution in [2.24, 2.45) is 0 Å². The maximum Gasteiger partial charge on any atom is 0.276 e. The van der Waals surface area contributed by atoms with Gasteiger partial charge in [0.2, 0.25) is 10.0 Å². The van der Waals surface area contributed by atoms with Crippen molar-refractivity contribution in [2.75, 3.05) is 18.4 Å². The fourth-order valence-electron chi connectivity index (χ4n) is 2.93. The molecule has 2 N–H and O–H groups in total. The minimum atomic E-state index is -3.65. The Bertz CT molecular complexity index is 1180. The van der Waals surface area contributed by atoms with Crippen molar-refractivity contribution in [1.82, 2.24) is 14.5 Å². The summed E-state index contributed by atoms with van der Waals surface area (Å²) in [6, 6.07) is 12.7. The third-order valence-corrected chi connectivity index (χ3v) is 6.39. The Morgan fingerprint density at radius 3 is 2.43 bits per heavy atom. The lowest BCUT2D eigenvalue weighted by atomic mass is 10.1. The van der Waals surface area contributed by atoms with Crippen LogP contribution < -0.4 is 10.9 Å². The summed E-state index contributed by atoms with van der Waals surface area (Å²) in [6.07, 6.45) is 0. The van der Waals surface area contributed by atoms with Crippen LogP contribution in [0.2, 0.25) is 0 Å². The number of amides is 1. The molecule has 146 valence electrons. The molecule has 0 bridgehead atoms. The molecule has 0 unspecified atom stereocenters. The molecule has 28 heavy (non-hydrogen) atoms. The highest BCUT2D eigenvalue weighted by Crippen LogP contribution is 2.21. The van der Waals surface area contributed by atoms with E-state index in [9.17, 15) is 18.0 Å². The summed E-state index contributed by atoms with van der Waals surface area (Å²) in [5, 5.41) is 9.57. The third kappa shape index (κ3) is 3.67. The Morgan fingerprint density at radius 1 is 1.07 bits per heavy atom. The van der Waals surface area contributed by atoms with Gasteiger partial charge in [0.25, 0.3) is 11.5 Å². The number of carbonyl (C=O) groups excluding carboxylic acids is 1. The second-order valence-electron chi connectivity index (χ2n) is 6.02. The lowest BCUT2D eigenvalue weighted by Gasteiger charge is -2.18. The van der Waals surface area contributed by atoms with Crippen LogP contribution in [0.25, 0.3) is 10.8 Å². The normalized spacial score (nSPS) is 11.7. The summed E-state index contributed by atoms with van der Waals surface area (Å²) in [4.78, 5) is 24.6. The summed E-state index contributed by atoms with van der Waals surface area (Å²) in [6.45, 7) is 4.23. The van der Waals surface area contributed by atoms with Crippen LogP contribution in [0.15, 0.2) is 58.2 Å². The Labute approximate surface area is 162 Å². The zero-order valence-corrected chi connectivity index (χ0v) is 16.3. The van der Waals surface area contributed by atoms with Gasteiger partial charge in [0, 0.05) is 24.2 Å². The van der Waals surface area contributed by atoms with Gasteiger partial charge in [-0.15, -0.1) is 0 Å². The number of sulfonamides is 1. The minimum absolute atomic E-state index is 0.0483. The number of H-pyrrole nitrogens is 1. The van der Waals surface area contributed by atoms with Crippen molar-refractivity contribution in [1.29, 1.82) is 0 Å². The van der Waals surface area contributed by atoms with Crippen molar-refractivity contribution in [3.8, 4) is 0 Å². The Balaban J connectivity index is 1.95. The number of aromatic amines is 1. The van der Waals surface area contributed by atoms with E-state index in [-0.39, 0.29) is 16.1 Å². The van der Waals surface area contributed by atoms with Crippen LogP contribution in [0.4, 0.5) is 5.69 Å². The van der Waals surface area contributed by atoms with Gasteiger partial charge in [-0.1, -0.05) is 38.1 Å². The van der Waals surface area contributed by atoms with E-state index in [1.54, 1.807) is 50.2 Å². The second kappa shape index (κ2) is 7.91. The topological polar surface area (TPSA) is 112 Å². The number of carbonyl (C=O) groups is 1. The number of hydrogen-bond acceptors (Lipinski definition) is 5. The van der Waals surface area contributed by atoms with E-state index in [4.69, 9.17) is 0 Å². The van der Waals surface area contributed by atoms with Crippen LogP contribution in [-0.4, -0.2) is 41.9 Å². The summed E-state index contributed by atoms with van der Waals surface area (Å²) in [7, 11) is -3.65. The molecule has 0 spiro atoms. The van der Waals surface area contributed by atoms with Gasteiger partial charge in [0.15, 0.2) is 5.69 Å². The molecule has 2 aromatic carbocycles. The van der Waals surface area contributed by atoms with Crippen LogP contribution in [0, 0.1) is 0 Å². The molecule has 0 aliphatic rings. The van der Waals surface area contributed by atoms with Gasteiger partial charge in [0.05, 0.1) is 10.3 Å². The molecule has 0 fully saturated rings. The molecule has 1 amide bonds. The van der Waals surface area contributed by atoms with Gasteiger partial charge in [-0.2, -0.15) is 9.40 Å². The van der Waals surface area contributed by atoms with Crippen LogP contribution in [0.1, 0.15) is 24.3 Å². The molecule has 0 atom stereocenters. The first-order valence-electron chi connectivity index (χ1n) is 8.77. The molecule has 0 aliphatic carbocycles. The third-order valence-electron chi connectivity index (χ3n) is 4.35. The van der Waals surface area contributed by atoms with Gasteiger partial charge >= 0.3 is 0 Å². The van der Waals surface area contributed by atoms with E-state index in [1.807, 2.05) is 0 Å². The highest BCUT2D eigenvalue weighted by molar-refractivity contribution is 7.89. The van der Waals surface area contributed by atoms with Gasteiger partial charge in [-0.25, -0.2) is 13.5 Å². The minimum Gasteiger partial charge on any atom is -0.321 e. The smallest absolute Gasteiger partial charge is 0.276 e. The Kier molecular flexibility index (Phi) is 5.57. The molecule has 3 aromatic rings. The van der Waals surface area contributed by atoms with Gasteiger partial charge in [0.1, 0.15) is 0 Å². The van der Waals surface area contributed by atoms with Gasteiger partial charge in [-0.3, -0.25) is 9.59 Å². The number of anilines is 1. The zero-order chi connectivity index (χ0) is 20.3. The number of aromatic nitrogens is 2. The second-order valence-corrected chi connectivity index (χ2v) is 7.96. The maximum atomic E-state index is 12.7. The average molecular weight is 400 g/mol. The Morgan fingerprint density at radius 2 is 1.75 bits per heavy atom. The van der Waals surface area contributed by atoms with Crippen LogP contribution in [-0.2, 0) is 10.0 Å². The molecule has 0 saturated heterocycles. The fourth-order valence-corrected chi connectivity index (χ4v) is 4.43. The maximum absolute atomic E-state index is 12.7. The first-order valence-corrected chi connectivity index (χ1v) is 10.2. The van der Waals surface area contributed by atoms with Crippen molar-refractivity contribution in [3.05, 3.63) is 64.6 Å². The molecule has 9 heteroatoms. The largest absolute Gasteiger partial charge is 0.321 e. The van der Waals surface area contributed by atoms with Gasteiger partial charge in [-0.05, 0) is 24.3 Å². The van der Waals surface area contributed by atoms with E-state index in [2.05, 4.69) is 15.5 Å². The van der Waals surface area contributed by atoms with E-state index in [1.165, 1.54) is 16.4 Å². The fraction of sp³-hybridized carbons (Fsp3) is 0.211. The van der Waals surface area contributed by atoms with E-state index < -0.39 is 15.9 Å². The molecule has 8 nitrogen and oxygen atoms in total. The molecule has 3 rings (SSSR count). The number of nitrogens with zero attached hydrogens (tertiary/aromatic N) is 2. The van der Waals surface area contributed by atoms with Crippen LogP contribution in [0.5, 0.6) is 0 Å². The molecular weight excluding hydrogens is 380 g/mol.